The lowest BCUT2D eigenvalue weighted by atomic mass is 9.94. The van der Waals surface area contributed by atoms with E-state index in [1.54, 1.807) is 0 Å². The number of rotatable bonds is 4. The second kappa shape index (κ2) is 7.99. The number of aromatic nitrogens is 1. The summed E-state index contributed by atoms with van der Waals surface area (Å²) in [6.45, 7) is 1.80. The predicted molar refractivity (Wildman–Crippen MR) is 107 cm³/mol. The molecule has 0 unspecified atom stereocenters. The molecule has 0 saturated heterocycles. The van der Waals surface area contributed by atoms with Crippen LogP contribution in [0.3, 0.4) is 0 Å². The molecule has 27 heavy (non-hydrogen) atoms. The number of carbonyl (C=O) groups is 1. The van der Waals surface area contributed by atoms with E-state index < -0.39 is 0 Å². The third kappa shape index (κ3) is 3.77. The molecule has 1 aromatic heterocycles. The van der Waals surface area contributed by atoms with E-state index in [1.165, 1.54) is 37.6 Å². The Morgan fingerprint density at radius 2 is 2.07 bits per heavy atom. The largest absolute Gasteiger partial charge is 0.452 e. The van der Waals surface area contributed by atoms with Gasteiger partial charge in [-0.25, -0.2) is 4.79 Å². The van der Waals surface area contributed by atoms with Crippen LogP contribution in [0.4, 0.5) is 16.2 Å². The molecule has 2 aliphatic rings. The van der Waals surface area contributed by atoms with Gasteiger partial charge < -0.3 is 9.64 Å². The highest BCUT2D eigenvalue weighted by Crippen LogP contribution is 2.35. The monoisotopic (exact) mass is 365 g/mol. The Morgan fingerprint density at radius 1 is 1.22 bits per heavy atom. The van der Waals surface area contributed by atoms with Crippen LogP contribution in [0.2, 0.25) is 0 Å². The maximum atomic E-state index is 12.5. The third-order valence-electron chi connectivity index (χ3n) is 5.72. The molecule has 5 heteroatoms. The lowest BCUT2D eigenvalue weighted by molar-refractivity contribution is 0.173. The number of fused-ring (bicyclic) bond motifs is 1. The normalized spacial score (nSPS) is 16.9. The van der Waals surface area contributed by atoms with Gasteiger partial charge in [-0.05, 0) is 55.2 Å². The summed E-state index contributed by atoms with van der Waals surface area (Å²) in [4.78, 5) is 21.2. The number of anilines is 2. The fraction of sp³-hybridized carbons (Fsp3) is 0.455. The summed E-state index contributed by atoms with van der Waals surface area (Å²) >= 11 is 0. The van der Waals surface area contributed by atoms with E-state index in [9.17, 15) is 4.79 Å². The van der Waals surface area contributed by atoms with E-state index in [0.717, 1.165) is 43.7 Å². The molecule has 142 valence electrons. The molecule has 1 amide bonds. The number of carbonyl (C=O) groups excluding carboxylic acids is 1. The molecule has 5 nitrogen and oxygen atoms in total. The van der Waals surface area contributed by atoms with Gasteiger partial charge >= 0.3 is 6.09 Å². The zero-order valence-corrected chi connectivity index (χ0v) is 15.9. The van der Waals surface area contributed by atoms with Gasteiger partial charge in [0.1, 0.15) is 0 Å². The van der Waals surface area contributed by atoms with E-state index in [0.29, 0.717) is 0 Å². The van der Waals surface area contributed by atoms with Gasteiger partial charge in [0.25, 0.3) is 0 Å². The average Bonchev–Trinajstić information content (AvgIpc) is 3.12. The summed E-state index contributed by atoms with van der Waals surface area (Å²) in [6, 6.07) is 12.7. The van der Waals surface area contributed by atoms with Crippen LogP contribution in [-0.2, 0) is 17.7 Å². The fourth-order valence-corrected chi connectivity index (χ4v) is 4.36. The zero-order chi connectivity index (χ0) is 18.6. The van der Waals surface area contributed by atoms with Gasteiger partial charge in [0.05, 0.1) is 19.3 Å². The maximum absolute atomic E-state index is 12.5. The average molecular weight is 365 g/mol. The fourth-order valence-electron chi connectivity index (χ4n) is 4.36. The molecule has 1 aliphatic carbocycles. The Labute approximate surface area is 161 Å². The van der Waals surface area contributed by atoms with Gasteiger partial charge in [0.15, 0.2) is 0 Å². The number of amides is 1. The minimum atomic E-state index is -0.245. The molecule has 1 aromatic carbocycles. The van der Waals surface area contributed by atoms with Crippen molar-refractivity contribution in [1.29, 1.82) is 0 Å². The van der Waals surface area contributed by atoms with Crippen molar-refractivity contribution in [3.8, 4) is 0 Å². The SMILES string of the molecule is COC(=O)N(c1ccc2c(c1)CCN2Cc1ccccn1)C1CCCCC1. The molecule has 1 aliphatic heterocycles. The van der Waals surface area contributed by atoms with Crippen LogP contribution in [0.15, 0.2) is 42.6 Å². The Morgan fingerprint density at radius 3 is 2.81 bits per heavy atom. The van der Waals surface area contributed by atoms with Crippen LogP contribution in [-0.4, -0.2) is 30.8 Å². The van der Waals surface area contributed by atoms with Crippen LogP contribution in [0, 0.1) is 0 Å². The first-order valence-corrected chi connectivity index (χ1v) is 9.91. The van der Waals surface area contributed by atoms with Gasteiger partial charge in [0.2, 0.25) is 0 Å². The Bertz CT molecular complexity index is 787. The summed E-state index contributed by atoms with van der Waals surface area (Å²) in [5.41, 5.74) is 4.59. The summed E-state index contributed by atoms with van der Waals surface area (Å²) in [6.07, 6.45) is 8.32. The number of hydrogen-bond acceptors (Lipinski definition) is 4. The van der Waals surface area contributed by atoms with E-state index in [-0.39, 0.29) is 12.1 Å². The molecule has 0 spiro atoms. The molecular formula is C22H27N3O2. The standard InChI is InChI=1S/C22H27N3O2/c1-27-22(26)25(19-8-3-2-4-9-19)20-10-11-21-17(15-20)12-14-24(21)16-18-7-5-6-13-23-18/h5-7,10-11,13,15,19H,2-4,8-9,12,14,16H2,1H3. The van der Waals surface area contributed by atoms with Crippen molar-refractivity contribution in [1.82, 2.24) is 4.98 Å². The first-order chi connectivity index (χ1) is 13.3. The van der Waals surface area contributed by atoms with Gasteiger partial charge in [-0.1, -0.05) is 25.3 Å². The molecule has 1 fully saturated rings. The molecule has 0 atom stereocenters. The number of benzene rings is 1. The quantitative estimate of drug-likeness (QED) is 0.797. The zero-order valence-electron chi connectivity index (χ0n) is 15.9. The third-order valence-corrected chi connectivity index (χ3v) is 5.72. The van der Waals surface area contributed by atoms with Crippen LogP contribution in [0.25, 0.3) is 0 Å². The Balaban J connectivity index is 1.57. The number of nitrogens with zero attached hydrogens (tertiary/aromatic N) is 3. The van der Waals surface area contributed by atoms with Gasteiger partial charge in [0, 0.05) is 30.2 Å². The van der Waals surface area contributed by atoms with Crippen LogP contribution >= 0.6 is 0 Å². The highest BCUT2D eigenvalue weighted by atomic mass is 16.5. The predicted octanol–water partition coefficient (Wildman–Crippen LogP) is 4.55. The smallest absolute Gasteiger partial charge is 0.414 e. The van der Waals surface area contributed by atoms with Crippen LogP contribution in [0.5, 0.6) is 0 Å². The topological polar surface area (TPSA) is 45.7 Å². The molecule has 0 bridgehead atoms. The number of pyridine rings is 1. The molecule has 2 aromatic rings. The van der Waals surface area contributed by atoms with Crippen molar-refractivity contribution in [3.05, 3.63) is 53.9 Å². The Hall–Kier alpha value is -2.56. The first-order valence-electron chi connectivity index (χ1n) is 9.91. The molecule has 1 saturated carbocycles. The Kier molecular flexibility index (Phi) is 5.28. The second-order valence-electron chi connectivity index (χ2n) is 7.44. The minimum Gasteiger partial charge on any atom is -0.452 e. The summed E-state index contributed by atoms with van der Waals surface area (Å²) in [5.74, 6) is 0. The molecule has 0 radical (unpaired) electrons. The number of ether oxygens (including phenoxy) is 1. The van der Waals surface area contributed by atoms with Crippen LogP contribution < -0.4 is 9.80 Å². The van der Waals surface area contributed by atoms with Crippen molar-refractivity contribution in [2.24, 2.45) is 0 Å². The second-order valence-corrected chi connectivity index (χ2v) is 7.44. The summed E-state index contributed by atoms with van der Waals surface area (Å²) in [5, 5.41) is 0. The number of hydrogen-bond donors (Lipinski definition) is 0. The van der Waals surface area contributed by atoms with E-state index in [1.807, 2.05) is 23.2 Å². The van der Waals surface area contributed by atoms with Crippen molar-refractivity contribution >= 4 is 17.5 Å². The number of methoxy groups -OCH3 is 1. The minimum absolute atomic E-state index is 0.245. The van der Waals surface area contributed by atoms with Crippen molar-refractivity contribution in [2.75, 3.05) is 23.5 Å². The highest BCUT2D eigenvalue weighted by molar-refractivity contribution is 5.89. The highest BCUT2D eigenvalue weighted by Gasteiger charge is 2.29. The van der Waals surface area contributed by atoms with Gasteiger partial charge in [-0.3, -0.25) is 9.88 Å². The van der Waals surface area contributed by atoms with Gasteiger partial charge in [-0.2, -0.15) is 0 Å². The molecular weight excluding hydrogens is 338 g/mol. The van der Waals surface area contributed by atoms with Crippen molar-refractivity contribution in [2.45, 2.75) is 51.1 Å². The van der Waals surface area contributed by atoms with Crippen molar-refractivity contribution < 1.29 is 9.53 Å². The van der Waals surface area contributed by atoms with Crippen molar-refractivity contribution in [3.63, 3.8) is 0 Å². The van der Waals surface area contributed by atoms with Gasteiger partial charge in [-0.15, -0.1) is 0 Å². The molecule has 2 heterocycles. The van der Waals surface area contributed by atoms with E-state index in [4.69, 9.17) is 4.74 Å². The molecule has 4 rings (SSSR count). The van der Waals surface area contributed by atoms with E-state index >= 15 is 0 Å². The summed E-state index contributed by atoms with van der Waals surface area (Å²) < 4.78 is 5.11. The molecule has 0 N–H and O–H groups in total. The lowest BCUT2D eigenvalue weighted by Crippen LogP contribution is -2.41. The lowest BCUT2D eigenvalue weighted by Gasteiger charge is -2.33. The summed E-state index contributed by atoms with van der Waals surface area (Å²) in [7, 11) is 1.47. The maximum Gasteiger partial charge on any atom is 0.414 e. The first kappa shape index (κ1) is 17.8. The van der Waals surface area contributed by atoms with Crippen LogP contribution in [0.1, 0.15) is 43.4 Å². The van der Waals surface area contributed by atoms with E-state index in [2.05, 4.69) is 34.1 Å².